The van der Waals surface area contributed by atoms with Crippen molar-refractivity contribution in [1.82, 2.24) is 4.57 Å². The van der Waals surface area contributed by atoms with Crippen molar-refractivity contribution >= 4 is 11.6 Å². The minimum atomic E-state index is -0.757. The molecule has 1 aliphatic carbocycles. The Morgan fingerprint density at radius 2 is 2.00 bits per heavy atom. The van der Waals surface area contributed by atoms with Crippen LogP contribution in [0.1, 0.15) is 32.1 Å². The van der Waals surface area contributed by atoms with Gasteiger partial charge in [-0.05, 0) is 18.9 Å². The van der Waals surface area contributed by atoms with Crippen molar-refractivity contribution in [3.05, 3.63) is 28.7 Å². The number of rotatable bonds is 2. The molecule has 98 valence electrons. The Morgan fingerprint density at radius 3 is 2.61 bits per heavy atom. The van der Waals surface area contributed by atoms with E-state index in [0.717, 1.165) is 32.1 Å². The number of amides is 1. The highest BCUT2D eigenvalue weighted by atomic mass is 16.2. The first kappa shape index (κ1) is 12.8. The second kappa shape index (κ2) is 4.94. The Balaban J connectivity index is 2.10. The lowest BCUT2D eigenvalue weighted by Gasteiger charge is -2.31. The fourth-order valence-corrected chi connectivity index (χ4v) is 2.33. The van der Waals surface area contributed by atoms with Gasteiger partial charge >= 0.3 is 0 Å². The Morgan fingerprint density at radius 1 is 1.33 bits per heavy atom. The van der Waals surface area contributed by atoms with E-state index in [4.69, 9.17) is 5.73 Å². The van der Waals surface area contributed by atoms with Crippen molar-refractivity contribution in [1.29, 1.82) is 0 Å². The van der Waals surface area contributed by atoms with Gasteiger partial charge in [0.25, 0.3) is 0 Å². The van der Waals surface area contributed by atoms with Gasteiger partial charge in [0.15, 0.2) is 0 Å². The quantitative estimate of drug-likeness (QED) is 0.820. The molecule has 0 bridgehead atoms. The summed E-state index contributed by atoms with van der Waals surface area (Å²) in [6, 6.07) is 3.03. The SMILES string of the molecule is Cn1cc(NC(=O)C2(N)CCCCC2)ccc1=O. The van der Waals surface area contributed by atoms with Gasteiger partial charge in [0, 0.05) is 19.3 Å². The number of pyridine rings is 1. The smallest absolute Gasteiger partial charge is 0.250 e. The number of hydrogen-bond donors (Lipinski definition) is 2. The molecule has 1 heterocycles. The lowest BCUT2D eigenvalue weighted by molar-refractivity contribution is -0.122. The van der Waals surface area contributed by atoms with Crippen molar-refractivity contribution in [3.63, 3.8) is 0 Å². The summed E-state index contributed by atoms with van der Waals surface area (Å²) in [6.07, 6.45) is 6.20. The Labute approximate surface area is 106 Å². The minimum absolute atomic E-state index is 0.104. The standard InChI is InChI=1S/C13H19N3O2/c1-16-9-10(5-6-11(16)17)15-12(18)13(14)7-3-2-4-8-13/h5-6,9H,2-4,7-8,14H2,1H3,(H,15,18). The van der Waals surface area contributed by atoms with Crippen molar-refractivity contribution in [3.8, 4) is 0 Å². The van der Waals surface area contributed by atoms with Crippen molar-refractivity contribution < 1.29 is 4.79 Å². The third kappa shape index (κ3) is 2.61. The monoisotopic (exact) mass is 249 g/mol. The van der Waals surface area contributed by atoms with Crippen molar-refractivity contribution in [2.75, 3.05) is 5.32 Å². The molecule has 0 aromatic carbocycles. The summed E-state index contributed by atoms with van der Waals surface area (Å²) in [5.74, 6) is -0.152. The molecule has 0 unspecified atom stereocenters. The van der Waals surface area contributed by atoms with E-state index < -0.39 is 5.54 Å². The molecule has 2 rings (SSSR count). The van der Waals surface area contributed by atoms with Gasteiger partial charge in [0.1, 0.15) is 0 Å². The largest absolute Gasteiger partial charge is 0.323 e. The summed E-state index contributed by atoms with van der Waals surface area (Å²) in [5, 5.41) is 2.80. The zero-order chi connectivity index (χ0) is 13.2. The van der Waals surface area contributed by atoms with Gasteiger partial charge in [-0.1, -0.05) is 19.3 Å². The predicted octanol–water partition coefficient (Wildman–Crippen LogP) is 0.985. The second-order valence-electron chi connectivity index (χ2n) is 5.04. The van der Waals surface area contributed by atoms with Gasteiger partial charge in [-0.2, -0.15) is 0 Å². The van der Waals surface area contributed by atoms with Gasteiger partial charge in [-0.25, -0.2) is 0 Å². The molecule has 0 atom stereocenters. The van der Waals surface area contributed by atoms with E-state index >= 15 is 0 Å². The molecule has 0 saturated heterocycles. The highest BCUT2D eigenvalue weighted by Crippen LogP contribution is 2.27. The molecule has 0 radical (unpaired) electrons. The average Bonchev–Trinajstić information content (AvgIpc) is 2.35. The maximum absolute atomic E-state index is 12.2. The summed E-state index contributed by atoms with van der Waals surface area (Å²) in [6.45, 7) is 0. The fourth-order valence-electron chi connectivity index (χ4n) is 2.33. The number of nitrogens with zero attached hydrogens (tertiary/aromatic N) is 1. The first-order valence-corrected chi connectivity index (χ1v) is 6.28. The molecule has 1 aliphatic rings. The summed E-state index contributed by atoms with van der Waals surface area (Å²) < 4.78 is 1.43. The van der Waals surface area contributed by atoms with E-state index in [-0.39, 0.29) is 11.5 Å². The molecule has 1 fully saturated rings. The van der Waals surface area contributed by atoms with Crippen molar-refractivity contribution in [2.45, 2.75) is 37.6 Å². The Bertz CT molecular complexity index is 501. The van der Waals surface area contributed by atoms with Gasteiger partial charge < -0.3 is 15.6 Å². The van der Waals surface area contributed by atoms with Crippen LogP contribution in [-0.4, -0.2) is 16.0 Å². The summed E-state index contributed by atoms with van der Waals surface area (Å²) in [7, 11) is 1.65. The lowest BCUT2D eigenvalue weighted by Crippen LogP contribution is -2.52. The lowest BCUT2D eigenvalue weighted by atomic mass is 9.82. The van der Waals surface area contributed by atoms with Crippen LogP contribution >= 0.6 is 0 Å². The zero-order valence-electron chi connectivity index (χ0n) is 10.6. The van der Waals surface area contributed by atoms with Crippen LogP contribution in [-0.2, 0) is 11.8 Å². The summed E-state index contributed by atoms with van der Waals surface area (Å²) in [4.78, 5) is 23.4. The molecule has 1 aromatic rings. The van der Waals surface area contributed by atoms with Crippen LogP contribution in [0, 0.1) is 0 Å². The average molecular weight is 249 g/mol. The maximum Gasteiger partial charge on any atom is 0.250 e. The number of aromatic nitrogens is 1. The summed E-state index contributed by atoms with van der Waals surface area (Å²) >= 11 is 0. The maximum atomic E-state index is 12.2. The molecule has 3 N–H and O–H groups in total. The molecule has 0 spiro atoms. The first-order chi connectivity index (χ1) is 8.51. The van der Waals surface area contributed by atoms with Crippen LogP contribution in [0.3, 0.4) is 0 Å². The van der Waals surface area contributed by atoms with Crippen LogP contribution in [0.5, 0.6) is 0 Å². The van der Waals surface area contributed by atoms with Crippen LogP contribution in [0.15, 0.2) is 23.1 Å². The molecule has 1 saturated carbocycles. The first-order valence-electron chi connectivity index (χ1n) is 6.28. The van der Waals surface area contributed by atoms with Gasteiger partial charge in [-0.3, -0.25) is 9.59 Å². The van der Waals surface area contributed by atoms with Gasteiger partial charge in [0.05, 0.1) is 11.2 Å². The number of hydrogen-bond acceptors (Lipinski definition) is 3. The summed E-state index contributed by atoms with van der Waals surface area (Å²) in [5.41, 5.74) is 5.89. The highest BCUT2D eigenvalue weighted by molar-refractivity contribution is 5.97. The van der Waals surface area contributed by atoms with E-state index in [0.29, 0.717) is 5.69 Å². The molecule has 0 aliphatic heterocycles. The van der Waals surface area contributed by atoms with Crippen LogP contribution < -0.4 is 16.6 Å². The van der Waals surface area contributed by atoms with Crippen molar-refractivity contribution in [2.24, 2.45) is 12.8 Å². The predicted molar refractivity (Wildman–Crippen MR) is 70.3 cm³/mol. The third-order valence-corrected chi connectivity index (χ3v) is 3.54. The van der Waals surface area contributed by atoms with E-state index in [1.807, 2.05) is 0 Å². The number of carbonyl (C=O) groups is 1. The zero-order valence-corrected chi connectivity index (χ0v) is 10.6. The Kier molecular flexibility index (Phi) is 3.52. The fraction of sp³-hybridized carbons (Fsp3) is 0.538. The van der Waals surface area contributed by atoms with Crippen LogP contribution in [0.2, 0.25) is 0 Å². The molecule has 18 heavy (non-hydrogen) atoms. The number of anilines is 1. The van der Waals surface area contributed by atoms with E-state index in [9.17, 15) is 9.59 Å². The minimum Gasteiger partial charge on any atom is -0.323 e. The number of nitrogens with two attached hydrogens (primary N) is 1. The van der Waals surface area contributed by atoms with Gasteiger partial charge in [0.2, 0.25) is 11.5 Å². The van der Waals surface area contributed by atoms with E-state index in [2.05, 4.69) is 5.32 Å². The number of nitrogens with one attached hydrogen (secondary N) is 1. The van der Waals surface area contributed by atoms with Crippen LogP contribution in [0.25, 0.3) is 0 Å². The molecular formula is C13H19N3O2. The molecule has 1 aromatic heterocycles. The molecule has 1 amide bonds. The Hall–Kier alpha value is -1.62. The topological polar surface area (TPSA) is 77.1 Å². The highest BCUT2D eigenvalue weighted by Gasteiger charge is 2.35. The third-order valence-electron chi connectivity index (χ3n) is 3.54. The van der Waals surface area contributed by atoms with Gasteiger partial charge in [-0.15, -0.1) is 0 Å². The number of aryl methyl sites for hydroxylation is 1. The normalized spacial score (nSPS) is 18.3. The molecule has 5 nitrogen and oxygen atoms in total. The number of carbonyl (C=O) groups excluding carboxylic acids is 1. The van der Waals surface area contributed by atoms with E-state index in [1.54, 1.807) is 19.3 Å². The molecular weight excluding hydrogens is 230 g/mol. The van der Waals surface area contributed by atoms with Crippen LogP contribution in [0.4, 0.5) is 5.69 Å². The van der Waals surface area contributed by atoms with E-state index in [1.165, 1.54) is 10.6 Å². The second-order valence-corrected chi connectivity index (χ2v) is 5.04. The molecule has 5 heteroatoms.